The number of hydrogen-bond acceptors (Lipinski definition) is 0. The molecule has 1 aromatic carbocycles. The maximum atomic E-state index is 13.1. The molecule has 0 unspecified atom stereocenters. The van der Waals surface area contributed by atoms with Crippen molar-refractivity contribution in [3.63, 3.8) is 0 Å². The zero-order chi connectivity index (χ0) is 9.90. The van der Waals surface area contributed by atoms with Gasteiger partial charge in [0.1, 0.15) is 5.82 Å². The molecule has 0 heterocycles. The summed E-state index contributed by atoms with van der Waals surface area (Å²) in [4.78, 5) is 3.11. The smallest absolute Gasteiger partial charge is 0.172 e. The molecule has 0 aliphatic rings. The molecule has 0 aliphatic carbocycles. The van der Waals surface area contributed by atoms with Crippen molar-refractivity contribution in [2.45, 2.75) is 26.3 Å². The molecule has 2 heteroatoms. The summed E-state index contributed by atoms with van der Waals surface area (Å²) in [6, 6.07) is 6.70. The van der Waals surface area contributed by atoms with Gasteiger partial charge < -0.3 is 0 Å². The van der Waals surface area contributed by atoms with E-state index in [-0.39, 0.29) is 11.4 Å². The highest BCUT2D eigenvalue weighted by atomic mass is 19.1. The molecule has 0 aliphatic heterocycles. The zero-order valence-corrected chi connectivity index (χ0v) is 8.26. The first kappa shape index (κ1) is 9.90. The van der Waals surface area contributed by atoms with Crippen molar-refractivity contribution in [3.8, 4) is 0 Å². The molecule has 70 valence electrons. The van der Waals surface area contributed by atoms with Crippen LogP contribution in [-0.4, -0.2) is 11.8 Å². The molecule has 0 spiro atoms. The van der Waals surface area contributed by atoms with E-state index in [2.05, 4.69) is 4.99 Å². The number of halogens is 1. The van der Waals surface area contributed by atoms with Crippen molar-refractivity contribution in [1.29, 1.82) is 0 Å². The lowest BCUT2D eigenvalue weighted by molar-refractivity contribution is -0.533. The van der Waals surface area contributed by atoms with Crippen LogP contribution >= 0.6 is 0 Å². The van der Waals surface area contributed by atoms with E-state index >= 15 is 0 Å². The molecule has 0 aromatic heterocycles. The minimum Gasteiger partial charge on any atom is -0.243 e. The van der Waals surface area contributed by atoms with Gasteiger partial charge in [0.25, 0.3) is 0 Å². The summed E-state index contributed by atoms with van der Waals surface area (Å²) in [5.74, 6) is -0.195. The highest BCUT2D eigenvalue weighted by Gasteiger charge is 2.12. The van der Waals surface area contributed by atoms with Gasteiger partial charge in [-0.3, -0.25) is 0 Å². The summed E-state index contributed by atoms with van der Waals surface area (Å²) in [6.45, 7) is 6.10. The second-order valence-electron chi connectivity index (χ2n) is 4.06. The number of rotatable bonds is 1. The van der Waals surface area contributed by atoms with E-state index in [9.17, 15) is 4.39 Å². The molecule has 1 aromatic rings. The first-order valence-corrected chi connectivity index (χ1v) is 4.34. The topological polar surface area (TPSA) is 14.0 Å². The molecule has 13 heavy (non-hydrogen) atoms. The van der Waals surface area contributed by atoms with Crippen LogP contribution < -0.4 is 4.99 Å². The molecular formula is C11H15FN+. The summed E-state index contributed by atoms with van der Waals surface area (Å²) in [6.07, 6.45) is 1.70. The van der Waals surface area contributed by atoms with Gasteiger partial charge in [0.2, 0.25) is 0 Å². The Bertz CT molecular complexity index is 310. The molecule has 1 rings (SSSR count). The average molecular weight is 180 g/mol. The summed E-state index contributed by atoms with van der Waals surface area (Å²) in [5, 5.41) is 0. The predicted molar refractivity (Wildman–Crippen MR) is 52.3 cm³/mol. The molecular weight excluding hydrogens is 165 g/mol. The molecule has 1 N–H and O–H groups in total. The highest BCUT2D eigenvalue weighted by Crippen LogP contribution is 2.01. The lowest BCUT2D eigenvalue weighted by atomic mass is 10.1. The van der Waals surface area contributed by atoms with E-state index in [4.69, 9.17) is 0 Å². The minimum absolute atomic E-state index is 0.0255. The molecule has 0 radical (unpaired) electrons. The molecule has 0 bridgehead atoms. The lowest BCUT2D eigenvalue weighted by Crippen LogP contribution is -2.81. The van der Waals surface area contributed by atoms with E-state index in [1.807, 2.05) is 26.8 Å². The Kier molecular flexibility index (Phi) is 2.81. The van der Waals surface area contributed by atoms with Crippen LogP contribution in [0.25, 0.3) is 0 Å². The van der Waals surface area contributed by atoms with Crippen LogP contribution in [0.2, 0.25) is 0 Å². The molecule has 0 saturated carbocycles. The third kappa shape index (κ3) is 3.36. The molecule has 0 atom stereocenters. The summed E-state index contributed by atoms with van der Waals surface area (Å²) in [5.41, 5.74) is 0.569. The van der Waals surface area contributed by atoms with Gasteiger partial charge in [-0.25, -0.2) is 9.38 Å². The Balaban J connectivity index is 2.86. The quantitative estimate of drug-likeness (QED) is 0.623. The van der Waals surface area contributed by atoms with Gasteiger partial charge in [0.05, 0.1) is 5.56 Å². The second kappa shape index (κ2) is 3.69. The molecule has 0 amide bonds. The Labute approximate surface area is 78.3 Å². The summed E-state index contributed by atoms with van der Waals surface area (Å²) < 4.78 is 13.1. The van der Waals surface area contributed by atoms with Crippen molar-refractivity contribution in [2.24, 2.45) is 0 Å². The van der Waals surface area contributed by atoms with Gasteiger partial charge in [-0.2, -0.15) is 0 Å². The molecule has 1 nitrogen and oxygen atoms in total. The predicted octanol–water partition coefficient (Wildman–Crippen LogP) is 1.12. The standard InChI is InChI=1S/C11H14FN/c1-11(2,3)13-8-9-6-4-5-7-10(9)12/h4-8H,1-3H3/p+1. The maximum absolute atomic E-state index is 13.1. The van der Waals surface area contributed by atoms with E-state index in [0.717, 1.165) is 0 Å². The van der Waals surface area contributed by atoms with Crippen molar-refractivity contribution in [3.05, 3.63) is 35.6 Å². The zero-order valence-electron chi connectivity index (χ0n) is 8.26. The van der Waals surface area contributed by atoms with Crippen LogP contribution in [0.1, 0.15) is 26.3 Å². The SMILES string of the molecule is CC(C)(C)[NH+]=Cc1ccccc1F. The van der Waals surface area contributed by atoms with Crippen LogP contribution in [0.5, 0.6) is 0 Å². The van der Waals surface area contributed by atoms with Gasteiger partial charge in [0, 0.05) is 0 Å². The lowest BCUT2D eigenvalue weighted by Gasteiger charge is -2.03. The van der Waals surface area contributed by atoms with Crippen molar-refractivity contribution >= 4 is 6.21 Å². The van der Waals surface area contributed by atoms with E-state index in [1.165, 1.54) is 6.07 Å². The fraction of sp³-hybridized carbons (Fsp3) is 0.364. The van der Waals surface area contributed by atoms with Crippen LogP contribution in [0.15, 0.2) is 24.3 Å². The van der Waals surface area contributed by atoms with Gasteiger partial charge in [-0.15, -0.1) is 0 Å². The Morgan fingerprint density at radius 1 is 1.23 bits per heavy atom. The third-order valence-corrected chi connectivity index (χ3v) is 1.57. The van der Waals surface area contributed by atoms with Crippen LogP contribution in [0.4, 0.5) is 4.39 Å². The van der Waals surface area contributed by atoms with E-state index in [0.29, 0.717) is 5.56 Å². The van der Waals surface area contributed by atoms with Crippen LogP contribution in [0, 0.1) is 5.82 Å². The van der Waals surface area contributed by atoms with Crippen molar-refractivity contribution < 1.29 is 9.38 Å². The number of nitrogens with one attached hydrogen (secondary N) is 1. The monoisotopic (exact) mass is 180 g/mol. The number of benzene rings is 1. The second-order valence-corrected chi connectivity index (χ2v) is 4.06. The average Bonchev–Trinajstić information content (AvgIpc) is 2.01. The highest BCUT2D eigenvalue weighted by molar-refractivity contribution is 5.75. The van der Waals surface area contributed by atoms with Crippen LogP contribution in [0.3, 0.4) is 0 Å². The summed E-state index contributed by atoms with van der Waals surface area (Å²) >= 11 is 0. The van der Waals surface area contributed by atoms with E-state index < -0.39 is 0 Å². The van der Waals surface area contributed by atoms with Gasteiger partial charge >= 0.3 is 0 Å². The first-order chi connectivity index (χ1) is 5.99. The maximum Gasteiger partial charge on any atom is 0.172 e. The van der Waals surface area contributed by atoms with E-state index in [1.54, 1.807) is 18.3 Å². The first-order valence-electron chi connectivity index (χ1n) is 4.34. The Morgan fingerprint density at radius 3 is 2.38 bits per heavy atom. The van der Waals surface area contributed by atoms with Gasteiger partial charge in [-0.1, -0.05) is 12.1 Å². The molecule has 0 fully saturated rings. The third-order valence-electron chi connectivity index (χ3n) is 1.57. The normalized spacial score (nSPS) is 12.3. The number of hydrogen-bond donors (Lipinski definition) is 1. The summed E-state index contributed by atoms with van der Waals surface area (Å²) in [7, 11) is 0. The van der Waals surface area contributed by atoms with Gasteiger partial charge in [-0.05, 0) is 32.9 Å². The largest absolute Gasteiger partial charge is 0.243 e. The van der Waals surface area contributed by atoms with Crippen molar-refractivity contribution in [1.82, 2.24) is 0 Å². The van der Waals surface area contributed by atoms with Crippen molar-refractivity contribution in [2.75, 3.05) is 0 Å². The fourth-order valence-corrected chi connectivity index (χ4v) is 0.886. The van der Waals surface area contributed by atoms with Gasteiger partial charge in [0.15, 0.2) is 11.8 Å². The Morgan fingerprint density at radius 2 is 1.85 bits per heavy atom. The van der Waals surface area contributed by atoms with Crippen LogP contribution in [-0.2, 0) is 0 Å². The fourth-order valence-electron chi connectivity index (χ4n) is 0.886. The Hall–Kier alpha value is -1.18. The molecule has 0 saturated heterocycles. The minimum atomic E-state index is -0.195.